The summed E-state index contributed by atoms with van der Waals surface area (Å²) in [6.45, 7) is 0. The Hall–Kier alpha value is -6.07. The van der Waals surface area contributed by atoms with E-state index in [1.807, 2.05) is 158 Å². The van der Waals surface area contributed by atoms with Crippen LogP contribution in [0.4, 0.5) is 0 Å². The van der Waals surface area contributed by atoms with Crippen LogP contribution in [0.2, 0.25) is 0 Å². The van der Waals surface area contributed by atoms with Crippen molar-refractivity contribution in [1.82, 2.24) is 4.90 Å². The van der Waals surface area contributed by atoms with Gasteiger partial charge in [0.1, 0.15) is 11.2 Å². The molecule has 0 saturated carbocycles. The van der Waals surface area contributed by atoms with Crippen molar-refractivity contribution < 1.29 is 15.0 Å². The summed E-state index contributed by atoms with van der Waals surface area (Å²) in [5.41, 5.74) is 6.00. The maximum atomic E-state index is 12.6. The van der Waals surface area contributed by atoms with Crippen LogP contribution in [0.5, 0.6) is 0 Å². The van der Waals surface area contributed by atoms with Gasteiger partial charge in [-0.2, -0.15) is 0 Å². The van der Waals surface area contributed by atoms with Gasteiger partial charge in [0, 0.05) is 25.2 Å². The molecule has 0 radical (unpaired) electrons. The molecule has 0 atom stereocenters. The van der Waals surface area contributed by atoms with Gasteiger partial charge in [0.25, 0.3) is 0 Å². The average molecular weight is 668 g/mol. The lowest BCUT2D eigenvalue weighted by molar-refractivity contribution is -0.115. The van der Waals surface area contributed by atoms with Crippen molar-refractivity contribution >= 4 is 6.41 Å². The van der Waals surface area contributed by atoms with Gasteiger partial charge in [-0.3, -0.25) is 4.79 Å². The van der Waals surface area contributed by atoms with Crippen molar-refractivity contribution in [1.29, 1.82) is 0 Å². The molecule has 0 bridgehead atoms. The van der Waals surface area contributed by atoms with Gasteiger partial charge in [0.2, 0.25) is 6.41 Å². The lowest BCUT2D eigenvalue weighted by Crippen LogP contribution is -2.29. The summed E-state index contributed by atoms with van der Waals surface area (Å²) in [5.74, 6) is 0. The van der Waals surface area contributed by atoms with Crippen LogP contribution in [0.25, 0.3) is 22.3 Å². The van der Waals surface area contributed by atoms with Crippen molar-refractivity contribution in [2.45, 2.75) is 11.2 Å². The van der Waals surface area contributed by atoms with Crippen molar-refractivity contribution in [2.75, 3.05) is 14.1 Å². The second-order valence-corrected chi connectivity index (χ2v) is 12.6. The van der Waals surface area contributed by atoms with Gasteiger partial charge in [-0.1, -0.05) is 194 Å². The predicted molar refractivity (Wildman–Crippen MR) is 207 cm³/mol. The summed E-state index contributed by atoms with van der Waals surface area (Å²) < 4.78 is 0. The van der Waals surface area contributed by atoms with Gasteiger partial charge >= 0.3 is 0 Å². The number of nitrogens with zero attached hydrogens (tertiary/aromatic N) is 1. The van der Waals surface area contributed by atoms with Crippen LogP contribution in [0.1, 0.15) is 33.4 Å². The quantitative estimate of drug-likeness (QED) is 0.119. The molecular weight excluding hydrogens is 627 g/mol. The largest absolute Gasteiger partial charge is 0.376 e. The molecule has 0 unspecified atom stereocenters. The molecule has 0 saturated heterocycles. The predicted octanol–water partition coefficient (Wildman–Crippen LogP) is 9.29. The van der Waals surface area contributed by atoms with E-state index in [2.05, 4.69) is 36.4 Å². The Morgan fingerprint density at radius 2 is 0.627 bits per heavy atom. The number of rotatable bonds is 9. The van der Waals surface area contributed by atoms with E-state index >= 15 is 0 Å². The van der Waals surface area contributed by atoms with E-state index in [4.69, 9.17) is 0 Å². The molecule has 0 aliphatic heterocycles. The number of carbonyl (C=O) groups excluding carboxylic acids is 1. The zero-order valence-corrected chi connectivity index (χ0v) is 28.8. The number of amides is 1. The summed E-state index contributed by atoms with van der Waals surface area (Å²) in [4.78, 5) is 10.9. The number of hydrogen-bond donors (Lipinski definition) is 2. The number of carbonyl (C=O) groups is 1. The van der Waals surface area contributed by atoms with E-state index < -0.39 is 11.2 Å². The highest BCUT2D eigenvalue weighted by atomic mass is 16.3. The molecule has 7 aromatic carbocycles. The molecule has 4 heteroatoms. The van der Waals surface area contributed by atoms with E-state index in [0.29, 0.717) is 0 Å². The van der Waals surface area contributed by atoms with Crippen LogP contribution in [-0.2, 0) is 16.0 Å². The third kappa shape index (κ3) is 7.15. The molecule has 0 aliphatic carbocycles. The first-order valence-electron chi connectivity index (χ1n) is 17.0. The molecule has 1 amide bonds. The van der Waals surface area contributed by atoms with Crippen LogP contribution in [0.15, 0.2) is 194 Å². The van der Waals surface area contributed by atoms with Crippen molar-refractivity contribution in [3.8, 4) is 22.3 Å². The molecule has 0 aliphatic rings. The second-order valence-electron chi connectivity index (χ2n) is 12.6. The topological polar surface area (TPSA) is 60.8 Å². The van der Waals surface area contributed by atoms with Crippen LogP contribution >= 0.6 is 0 Å². The zero-order valence-electron chi connectivity index (χ0n) is 28.8. The highest BCUT2D eigenvalue weighted by molar-refractivity contribution is 5.77. The summed E-state index contributed by atoms with van der Waals surface area (Å²) in [6.07, 6.45) is 0.750. The molecule has 2 N–H and O–H groups in total. The van der Waals surface area contributed by atoms with Crippen LogP contribution in [0, 0.1) is 0 Å². The minimum atomic E-state index is -1.35. The highest BCUT2D eigenvalue weighted by Gasteiger charge is 2.37. The zero-order chi connectivity index (χ0) is 35.7. The lowest BCUT2D eigenvalue weighted by Gasteiger charge is -2.32. The average Bonchev–Trinajstić information content (AvgIpc) is 3.22. The Labute approximate surface area is 300 Å². The van der Waals surface area contributed by atoms with E-state index in [1.54, 1.807) is 14.1 Å². The summed E-state index contributed by atoms with van der Waals surface area (Å²) in [6, 6.07) is 63.9. The van der Waals surface area contributed by atoms with E-state index in [-0.39, 0.29) is 0 Å². The third-order valence-electron chi connectivity index (χ3n) is 9.12. The molecular formula is C47H41NO3. The Kier molecular flexibility index (Phi) is 10.7. The van der Waals surface area contributed by atoms with E-state index in [1.165, 1.54) is 4.90 Å². The molecule has 4 nitrogen and oxygen atoms in total. The normalized spacial score (nSPS) is 11.2. The van der Waals surface area contributed by atoms with Crippen molar-refractivity contribution in [2.24, 2.45) is 0 Å². The maximum Gasteiger partial charge on any atom is 0.209 e. The first kappa shape index (κ1) is 34.8. The van der Waals surface area contributed by atoms with E-state index in [0.717, 1.165) is 62.0 Å². The Morgan fingerprint density at radius 3 is 0.882 bits per heavy atom. The molecule has 0 heterocycles. The van der Waals surface area contributed by atoms with Gasteiger partial charge in [-0.25, -0.2) is 0 Å². The number of hydrogen-bond acceptors (Lipinski definition) is 3. The monoisotopic (exact) mass is 667 g/mol. The highest BCUT2D eigenvalue weighted by Crippen LogP contribution is 2.44. The second kappa shape index (κ2) is 15.6. The third-order valence-corrected chi connectivity index (χ3v) is 9.12. The van der Waals surface area contributed by atoms with E-state index in [9.17, 15) is 15.0 Å². The molecule has 51 heavy (non-hydrogen) atoms. The first-order valence-corrected chi connectivity index (χ1v) is 17.0. The number of aliphatic hydroxyl groups is 2. The van der Waals surface area contributed by atoms with Gasteiger partial charge < -0.3 is 15.1 Å². The van der Waals surface area contributed by atoms with Crippen LogP contribution < -0.4 is 0 Å². The lowest BCUT2D eigenvalue weighted by atomic mass is 9.76. The molecule has 252 valence electrons. The molecule has 7 rings (SSSR count). The number of benzene rings is 7. The maximum absolute atomic E-state index is 12.6. The van der Waals surface area contributed by atoms with Gasteiger partial charge in [-0.15, -0.1) is 0 Å². The summed E-state index contributed by atoms with van der Waals surface area (Å²) in [7, 11) is 3.38. The SMILES string of the molecule is CN(C)C=O.OC(c1ccccc1)(c1ccccc1)c1ccccc1-c1ccc(-c2ccccc2C(O)(c2ccccc2)c2ccccc2)cc1. The smallest absolute Gasteiger partial charge is 0.209 e. The Balaban J connectivity index is 0.000000839. The fourth-order valence-corrected chi connectivity index (χ4v) is 6.60. The van der Waals surface area contributed by atoms with Gasteiger partial charge in [0.15, 0.2) is 0 Å². The summed E-state index contributed by atoms with van der Waals surface area (Å²) >= 11 is 0. The molecule has 7 aromatic rings. The van der Waals surface area contributed by atoms with Crippen molar-refractivity contribution in [3.63, 3.8) is 0 Å². The minimum absolute atomic E-state index is 0.750. The van der Waals surface area contributed by atoms with Crippen LogP contribution in [-0.4, -0.2) is 35.6 Å². The van der Waals surface area contributed by atoms with Gasteiger partial charge in [-0.05, 0) is 44.5 Å². The van der Waals surface area contributed by atoms with Gasteiger partial charge in [0.05, 0.1) is 0 Å². The Bertz CT molecular complexity index is 1920. The fraction of sp³-hybridized carbons (Fsp3) is 0.0851. The van der Waals surface area contributed by atoms with Crippen molar-refractivity contribution in [3.05, 3.63) is 228 Å². The fourth-order valence-electron chi connectivity index (χ4n) is 6.60. The summed E-state index contributed by atoms with van der Waals surface area (Å²) in [5, 5.41) is 25.2. The first-order chi connectivity index (χ1) is 24.9. The molecule has 0 aromatic heterocycles. The van der Waals surface area contributed by atoms with Crippen LogP contribution in [0.3, 0.4) is 0 Å². The molecule has 0 spiro atoms. The molecule has 0 fully saturated rings. The Morgan fingerprint density at radius 1 is 0.392 bits per heavy atom. The standard InChI is InChI=1S/C44H34O2.C3H7NO/c45-43(35-17-5-1-6-18-35,36-19-7-2-8-20-36)41-27-15-13-25-39(41)33-29-31-34(32-30-33)40-26-14-16-28-42(40)44(46,37-21-9-3-10-22-37)38-23-11-4-12-24-38;1-4(2)3-5/h1-32,45-46H;3H,1-2H3. The minimum Gasteiger partial charge on any atom is -0.376 e.